The number of hydrogen-bond donors (Lipinski definition) is 0. The summed E-state index contributed by atoms with van der Waals surface area (Å²) in [6.45, 7) is 1.98. The van der Waals surface area contributed by atoms with Gasteiger partial charge in [-0.2, -0.15) is 0 Å². The Kier molecular flexibility index (Phi) is 5.96. The maximum Gasteiger partial charge on any atom is 0.166 e. The maximum atomic E-state index is 14.6. The van der Waals surface area contributed by atoms with Crippen LogP contribution in [-0.2, 0) is 6.42 Å². The number of fused-ring (bicyclic) bond motifs is 1. The molecular formula is C27H17F5. The van der Waals surface area contributed by atoms with Crippen LogP contribution in [0.1, 0.15) is 30.0 Å². The Bertz CT molecular complexity index is 1370. The second kappa shape index (κ2) is 8.84. The van der Waals surface area contributed by atoms with Crippen molar-refractivity contribution in [3.63, 3.8) is 0 Å². The molecule has 0 heterocycles. The van der Waals surface area contributed by atoms with Gasteiger partial charge in [0, 0.05) is 16.5 Å². The Morgan fingerprint density at radius 3 is 2.12 bits per heavy atom. The zero-order valence-electron chi connectivity index (χ0n) is 17.1. The molecule has 0 amide bonds. The quantitative estimate of drug-likeness (QED) is 0.230. The summed E-state index contributed by atoms with van der Waals surface area (Å²) in [6.07, 6.45) is 1.57. The summed E-state index contributed by atoms with van der Waals surface area (Å²) in [6, 6.07) is 13.4. The molecule has 0 spiro atoms. The Morgan fingerprint density at radius 1 is 0.688 bits per heavy atom. The first-order valence-electron chi connectivity index (χ1n) is 10.0. The lowest BCUT2D eigenvalue weighted by atomic mass is 9.99. The third-order valence-electron chi connectivity index (χ3n) is 5.16. The van der Waals surface area contributed by atoms with Crippen LogP contribution in [0.15, 0.2) is 60.7 Å². The van der Waals surface area contributed by atoms with Crippen LogP contribution in [0.3, 0.4) is 0 Å². The fourth-order valence-corrected chi connectivity index (χ4v) is 3.56. The van der Waals surface area contributed by atoms with Gasteiger partial charge in [0.15, 0.2) is 11.6 Å². The highest BCUT2D eigenvalue weighted by molar-refractivity contribution is 5.84. The zero-order valence-corrected chi connectivity index (χ0v) is 17.1. The zero-order chi connectivity index (χ0) is 22.8. The lowest BCUT2D eigenvalue weighted by molar-refractivity contribution is 0.517. The van der Waals surface area contributed by atoms with Crippen molar-refractivity contribution < 1.29 is 22.0 Å². The fourth-order valence-electron chi connectivity index (χ4n) is 3.56. The minimum absolute atomic E-state index is 0.0781. The lowest BCUT2D eigenvalue weighted by Crippen LogP contribution is -1.95. The first kappa shape index (κ1) is 21.6. The molecule has 0 unspecified atom stereocenters. The van der Waals surface area contributed by atoms with E-state index in [0.717, 1.165) is 30.2 Å². The third-order valence-corrected chi connectivity index (χ3v) is 5.16. The van der Waals surface area contributed by atoms with Crippen molar-refractivity contribution in [2.24, 2.45) is 0 Å². The van der Waals surface area contributed by atoms with E-state index in [2.05, 4.69) is 11.8 Å². The highest BCUT2D eigenvalue weighted by atomic mass is 19.2. The lowest BCUT2D eigenvalue weighted by Gasteiger charge is -2.08. The van der Waals surface area contributed by atoms with Gasteiger partial charge < -0.3 is 0 Å². The van der Waals surface area contributed by atoms with Gasteiger partial charge in [-0.25, -0.2) is 22.0 Å². The van der Waals surface area contributed by atoms with Crippen molar-refractivity contribution in [1.29, 1.82) is 0 Å². The topological polar surface area (TPSA) is 0 Å². The van der Waals surface area contributed by atoms with Gasteiger partial charge in [0.05, 0.1) is 5.56 Å². The highest BCUT2D eigenvalue weighted by Gasteiger charge is 2.14. The first-order chi connectivity index (χ1) is 15.4. The molecular weight excluding hydrogens is 419 g/mol. The molecule has 32 heavy (non-hydrogen) atoms. The monoisotopic (exact) mass is 436 g/mol. The van der Waals surface area contributed by atoms with E-state index in [1.807, 2.05) is 6.92 Å². The van der Waals surface area contributed by atoms with Gasteiger partial charge in [0.1, 0.15) is 17.5 Å². The number of aryl methyl sites for hydroxylation is 1. The molecule has 0 fully saturated rings. The summed E-state index contributed by atoms with van der Waals surface area (Å²) >= 11 is 0. The number of halogens is 5. The molecule has 0 bridgehead atoms. The van der Waals surface area contributed by atoms with Crippen LogP contribution in [0.4, 0.5) is 22.0 Å². The normalized spacial score (nSPS) is 10.8. The van der Waals surface area contributed by atoms with Gasteiger partial charge in [0.25, 0.3) is 0 Å². The van der Waals surface area contributed by atoms with Crippen molar-refractivity contribution in [3.8, 4) is 23.0 Å². The highest BCUT2D eigenvalue weighted by Crippen LogP contribution is 2.28. The molecule has 0 radical (unpaired) electrons. The van der Waals surface area contributed by atoms with E-state index in [1.165, 1.54) is 36.4 Å². The minimum atomic E-state index is -0.968. The van der Waals surface area contributed by atoms with E-state index < -0.39 is 34.6 Å². The Labute approximate surface area is 182 Å². The molecule has 4 aromatic carbocycles. The van der Waals surface area contributed by atoms with E-state index >= 15 is 0 Å². The van der Waals surface area contributed by atoms with Gasteiger partial charge in [-0.3, -0.25) is 0 Å². The van der Waals surface area contributed by atoms with E-state index in [-0.39, 0.29) is 16.5 Å². The third kappa shape index (κ3) is 4.22. The number of benzene rings is 4. The van der Waals surface area contributed by atoms with Crippen LogP contribution in [0.2, 0.25) is 0 Å². The second-order valence-electron chi connectivity index (χ2n) is 7.43. The molecule has 4 rings (SSSR count). The predicted octanol–water partition coefficient (Wildman–Crippen LogP) is 7.55. The molecule has 0 N–H and O–H groups in total. The van der Waals surface area contributed by atoms with Gasteiger partial charge >= 0.3 is 0 Å². The average Bonchev–Trinajstić information content (AvgIpc) is 2.76. The molecule has 0 nitrogen and oxygen atoms in total. The standard InChI is InChI=1S/C27H17F5/c1-2-3-16-4-8-20(24(29)13-16)19-14-25(30)22(26(31)15-19)10-6-17-5-9-21-18(12-17)7-11-23(28)27(21)32/h4-5,7-9,11-15H,2-3H2,1H3. The largest absolute Gasteiger partial charge is 0.206 e. The SMILES string of the molecule is CCCc1ccc(-c2cc(F)c(C#Cc3ccc4c(F)c(F)ccc4c3)c(F)c2)c(F)c1. The van der Waals surface area contributed by atoms with Gasteiger partial charge in [-0.05, 0) is 59.3 Å². The van der Waals surface area contributed by atoms with Crippen molar-refractivity contribution in [2.45, 2.75) is 19.8 Å². The summed E-state index contributed by atoms with van der Waals surface area (Å²) in [7, 11) is 0. The molecule has 0 aliphatic rings. The van der Waals surface area contributed by atoms with Crippen LogP contribution in [0.25, 0.3) is 21.9 Å². The fraction of sp³-hybridized carbons (Fsp3) is 0.111. The Hall–Kier alpha value is -3.65. The summed E-state index contributed by atoms with van der Waals surface area (Å²) < 4.78 is 70.8. The number of hydrogen-bond acceptors (Lipinski definition) is 0. The molecule has 0 saturated carbocycles. The Morgan fingerprint density at radius 2 is 1.44 bits per heavy atom. The molecule has 0 aromatic heterocycles. The molecule has 0 atom stereocenters. The first-order valence-corrected chi connectivity index (χ1v) is 10.0. The molecule has 0 saturated heterocycles. The maximum absolute atomic E-state index is 14.6. The van der Waals surface area contributed by atoms with Crippen molar-refractivity contribution in [2.75, 3.05) is 0 Å². The van der Waals surface area contributed by atoms with Gasteiger partial charge in [-0.1, -0.05) is 49.5 Å². The van der Waals surface area contributed by atoms with Crippen LogP contribution in [-0.4, -0.2) is 0 Å². The van der Waals surface area contributed by atoms with Gasteiger partial charge in [0.2, 0.25) is 0 Å². The summed E-state index contributed by atoms with van der Waals surface area (Å²) in [5, 5.41) is 0.498. The predicted molar refractivity (Wildman–Crippen MR) is 116 cm³/mol. The van der Waals surface area contributed by atoms with Crippen LogP contribution < -0.4 is 0 Å². The molecule has 0 aliphatic carbocycles. The molecule has 0 aliphatic heterocycles. The Balaban J connectivity index is 1.68. The van der Waals surface area contributed by atoms with Crippen LogP contribution in [0.5, 0.6) is 0 Å². The summed E-state index contributed by atoms with van der Waals surface area (Å²) in [5.74, 6) is 0.773. The van der Waals surface area contributed by atoms with Crippen molar-refractivity contribution >= 4 is 10.8 Å². The summed E-state index contributed by atoms with van der Waals surface area (Å²) in [4.78, 5) is 0. The molecule has 160 valence electrons. The average molecular weight is 436 g/mol. The van der Waals surface area contributed by atoms with Gasteiger partial charge in [-0.15, -0.1) is 0 Å². The minimum Gasteiger partial charge on any atom is -0.206 e. The summed E-state index contributed by atoms with van der Waals surface area (Å²) in [5.41, 5.74) is 0.918. The van der Waals surface area contributed by atoms with E-state index in [4.69, 9.17) is 0 Å². The number of rotatable bonds is 3. The smallest absolute Gasteiger partial charge is 0.166 e. The second-order valence-corrected chi connectivity index (χ2v) is 7.43. The van der Waals surface area contributed by atoms with E-state index in [0.29, 0.717) is 17.4 Å². The van der Waals surface area contributed by atoms with Crippen molar-refractivity contribution in [3.05, 3.63) is 106 Å². The van der Waals surface area contributed by atoms with Crippen molar-refractivity contribution in [1.82, 2.24) is 0 Å². The van der Waals surface area contributed by atoms with Crippen LogP contribution >= 0.6 is 0 Å². The van der Waals surface area contributed by atoms with E-state index in [1.54, 1.807) is 6.07 Å². The van der Waals surface area contributed by atoms with Crippen LogP contribution in [0, 0.1) is 40.9 Å². The molecule has 5 heteroatoms. The molecule has 4 aromatic rings. The van der Waals surface area contributed by atoms with E-state index in [9.17, 15) is 22.0 Å².